The number of nitrogens with one attached hydrogen (secondary N) is 1. The molecule has 0 heterocycles. The van der Waals surface area contributed by atoms with Crippen LogP contribution in [0.1, 0.15) is 37.8 Å². The fourth-order valence-corrected chi connectivity index (χ4v) is 2.13. The van der Waals surface area contributed by atoms with Crippen molar-refractivity contribution in [3.8, 4) is 0 Å². The first-order valence-electron chi connectivity index (χ1n) is 7.68. The lowest BCUT2D eigenvalue weighted by molar-refractivity contribution is -0.114. The molecule has 0 spiro atoms. The van der Waals surface area contributed by atoms with Crippen LogP contribution in [0.25, 0.3) is 0 Å². The molecule has 3 nitrogen and oxygen atoms in total. The third kappa shape index (κ3) is 5.17. The van der Waals surface area contributed by atoms with Crippen LogP contribution < -0.4 is 5.32 Å². The molecule has 2 aromatic carbocycles. The first-order valence-corrected chi connectivity index (χ1v) is 7.68. The maximum atomic E-state index is 11.0. The molecule has 3 heteroatoms. The van der Waals surface area contributed by atoms with E-state index in [0.29, 0.717) is 0 Å². The Bertz CT molecular complexity index is 627. The quantitative estimate of drug-likeness (QED) is 0.768. The number of benzene rings is 2. The minimum Gasteiger partial charge on any atom is -0.326 e. The molecule has 114 valence electrons. The molecule has 0 saturated carbocycles. The molecular formula is C19H22N2O. The highest BCUT2D eigenvalue weighted by molar-refractivity contribution is 5.89. The largest absolute Gasteiger partial charge is 0.326 e. The summed E-state index contributed by atoms with van der Waals surface area (Å²) < 4.78 is 0. The van der Waals surface area contributed by atoms with Crippen LogP contribution in [0.5, 0.6) is 0 Å². The van der Waals surface area contributed by atoms with Crippen LogP contribution in [0, 0.1) is 0 Å². The summed E-state index contributed by atoms with van der Waals surface area (Å²) in [5.74, 6) is -0.0700. The molecule has 22 heavy (non-hydrogen) atoms. The van der Waals surface area contributed by atoms with E-state index in [1.54, 1.807) is 0 Å². The third-order valence-corrected chi connectivity index (χ3v) is 3.35. The number of rotatable bonds is 6. The second-order valence-corrected chi connectivity index (χ2v) is 5.33. The average molecular weight is 294 g/mol. The van der Waals surface area contributed by atoms with Crippen LogP contribution in [-0.2, 0) is 11.2 Å². The van der Waals surface area contributed by atoms with Gasteiger partial charge in [0.15, 0.2) is 0 Å². The van der Waals surface area contributed by atoms with E-state index in [-0.39, 0.29) is 5.91 Å². The molecule has 0 atom stereocenters. The first kappa shape index (κ1) is 16.0. The van der Waals surface area contributed by atoms with Gasteiger partial charge in [0.05, 0.1) is 5.69 Å². The number of unbranched alkanes of at least 4 members (excludes halogenated alkanes) is 1. The Hall–Kier alpha value is -2.42. The molecule has 0 saturated heterocycles. The molecule has 2 aromatic rings. The fraction of sp³-hybridized carbons (Fsp3) is 0.263. The molecule has 1 N–H and O–H groups in total. The van der Waals surface area contributed by atoms with Crippen LogP contribution in [0.4, 0.5) is 11.4 Å². The molecule has 2 rings (SSSR count). The van der Waals surface area contributed by atoms with E-state index >= 15 is 0 Å². The van der Waals surface area contributed by atoms with Crippen molar-refractivity contribution in [2.24, 2.45) is 4.99 Å². The lowest BCUT2D eigenvalue weighted by atomic mass is 10.1. The standard InChI is InChI=1S/C19H22N2O/c1-3-4-5-16-6-8-17(9-7-16)14-20-18-10-12-19(13-11-18)21-15(2)22/h6-14H,3-5H2,1-2H3,(H,21,22). The molecule has 0 fully saturated rings. The van der Waals surface area contributed by atoms with E-state index in [2.05, 4.69) is 41.5 Å². The summed E-state index contributed by atoms with van der Waals surface area (Å²) in [5.41, 5.74) is 4.11. The van der Waals surface area contributed by atoms with Crippen molar-refractivity contribution >= 4 is 23.5 Å². The van der Waals surface area contributed by atoms with E-state index < -0.39 is 0 Å². The van der Waals surface area contributed by atoms with Gasteiger partial charge >= 0.3 is 0 Å². The summed E-state index contributed by atoms with van der Waals surface area (Å²) in [7, 11) is 0. The average Bonchev–Trinajstić information content (AvgIpc) is 2.53. The Morgan fingerprint density at radius 2 is 1.77 bits per heavy atom. The first-order chi connectivity index (χ1) is 10.7. The Morgan fingerprint density at radius 1 is 1.09 bits per heavy atom. The number of aliphatic imine (C=N–C) groups is 1. The maximum Gasteiger partial charge on any atom is 0.221 e. The van der Waals surface area contributed by atoms with Crippen molar-refractivity contribution < 1.29 is 4.79 Å². The van der Waals surface area contributed by atoms with E-state index in [9.17, 15) is 4.79 Å². The van der Waals surface area contributed by atoms with Gasteiger partial charge in [0.1, 0.15) is 0 Å². The van der Waals surface area contributed by atoms with Crippen molar-refractivity contribution in [1.82, 2.24) is 0 Å². The molecule has 0 aliphatic rings. The van der Waals surface area contributed by atoms with Crippen molar-refractivity contribution in [2.45, 2.75) is 33.1 Å². The zero-order valence-corrected chi connectivity index (χ0v) is 13.2. The molecule has 0 aliphatic carbocycles. The van der Waals surface area contributed by atoms with Gasteiger partial charge in [-0.25, -0.2) is 0 Å². The van der Waals surface area contributed by atoms with Gasteiger partial charge in [0.2, 0.25) is 5.91 Å². The Labute approximate surface area is 132 Å². The Morgan fingerprint density at radius 3 is 2.36 bits per heavy atom. The van der Waals surface area contributed by atoms with Crippen LogP contribution in [0.3, 0.4) is 0 Å². The minimum atomic E-state index is -0.0700. The van der Waals surface area contributed by atoms with Crippen molar-refractivity contribution in [3.05, 3.63) is 59.7 Å². The molecule has 1 amide bonds. The number of carbonyl (C=O) groups excluding carboxylic acids is 1. The molecule has 0 aromatic heterocycles. The monoisotopic (exact) mass is 294 g/mol. The summed E-state index contributed by atoms with van der Waals surface area (Å²) >= 11 is 0. The number of aryl methyl sites for hydroxylation is 1. The second kappa shape index (κ2) is 8.13. The van der Waals surface area contributed by atoms with Crippen molar-refractivity contribution in [1.29, 1.82) is 0 Å². The lowest BCUT2D eigenvalue weighted by Crippen LogP contribution is -2.04. The zero-order valence-electron chi connectivity index (χ0n) is 13.2. The van der Waals surface area contributed by atoms with Gasteiger partial charge in [-0.15, -0.1) is 0 Å². The van der Waals surface area contributed by atoms with Crippen molar-refractivity contribution in [3.63, 3.8) is 0 Å². The van der Waals surface area contributed by atoms with Crippen LogP contribution >= 0.6 is 0 Å². The van der Waals surface area contributed by atoms with E-state index in [1.807, 2.05) is 30.5 Å². The third-order valence-electron chi connectivity index (χ3n) is 3.35. The number of nitrogens with zero attached hydrogens (tertiary/aromatic N) is 1. The van der Waals surface area contributed by atoms with Crippen LogP contribution in [0.2, 0.25) is 0 Å². The summed E-state index contributed by atoms with van der Waals surface area (Å²) in [4.78, 5) is 15.4. The van der Waals surface area contributed by atoms with Gasteiger partial charge < -0.3 is 5.32 Å². The second-order valence-electron chi connectivity index (χ2n) is 5.33. The molecule has 0 unspecified atom stereocenters. The van der Waals surface area contributed by atoms with Crippen LogP contribution in [-0.4, -0.2) is 12.1 Å². The van der Waals surface area contributed by atoms with Gasteiger partial charge in [0, 0.05) is 18.8 Å². The number of amides is 1. The summed E-state index contributed by atoms with van der Waals surface area (Å²) in [5, 5.41) is 2.74. The fourth-order valence-electron chi connectivity index (χ4n) is 2.13. The molecular weight excluding hydrogens is 272 g/mol. The molecule has 0 bridgehead atoms. The SMILES string of the molecule is CCCCc1ccc(C=Nc2ccc(NC(C)=O)cc2)cc1. The summed E-state index contributed by atoms with van der Waals surface area (Å²) in [6.45, 7) is 3.70. The highest BCUT2D eigenvalue weighted by Gasteiger charge is 1.96. The molecule has 0 aliphatic heterocycles. The normalized spacial score (nSPS) is 10.8. The Kier molecular flexibility index (Phi) is 5.90. The van der Waals surface area contributed by atoms with Gasteiger partial charge in [-0.3, -0.25) is 9.79 Å². The van der Waals surface area contributed by atoms with E-state index in [4.69, 9.17) is 0 Å². The topological polar surface area (TPSA) is 41.5 Å². The number of carbonyl (C=O) groups is 1. The van der Waals surface area contributed by atoms with E-state index in [0.717, 1.165) is 23.4 Å². The lowest BCUT2D eigenvalue weighted by Gasteiger charge is -2.02. The minimum absolute atomic E-state index is 0.0700. The number of hydrogen-bond acceptors (Lipinski definition) is 2. The van der Waals surface area contributed by atoms with Gasteiger partial charge in [-0.2, -0.15) is 0 Å². The number of anilines is 1. The zero-order chi connectivity index (χ0) is 15.8. The van der Waals surface area contributed by atoms with Crippen molar-refractivity contribution in [2.75, 3.05) is 5.32 Å². The van der Waals surface area contributed by atoms with Gasteiger partial charge in [-0.1, -0.05) is 37.6 Å². The molecule has 0 radical (unpaired) electrons. The van der Waals surface area contributed by atoms with Gasteiger partial charge in [0.25, 0.3) is 0 Å². The van der Waals surface area contributed by atoms with Crippen LogP contribution in [0.15, 0.2) is 53.5 Å². The Balaban J connectivity index is 1.97. The number of hydrogen-bond donors (Lipinski definition) is 1. The highest BCUT2D eigenvalue weighted by Crippen LogP contribution is 2.16. The van der Waals surface area contributed by atoms with E-state index in [1.165, 1.54) is 25.3 Å². The summed E-state index contributed by atoms with van der Waals surface area (Å²) in [6.07, 6.45) is 5.45. The maximum absolute atomic E-state index is 11.0. The summed E-state index contributed by atoms with van der Waals surface area (Å²) in [6, 6.07) is 16.0. The predicted molar refractivity (Wildman–Crippen MR) is 93.1 cm³/mol. The predicted octanol–water partition coefficient (Wildman–Crippen LogP) is 4.74. The van der Waals surface area contributed by atoms with Gasteiger partial charge in [-0.05, 0) is 48.2 Å². The highest BCUT2D eigenvalue weighted by atomic mass is 16.1. The smallest absolute Gasteiger partial charge is 0.221 e.